The van der Waals surface area contributed by atoms with E-state index >= 15 is 0 Å². The molecule has 0 bridgehead atoms. The Hall–Kier alpha value is -1.30. The van der Waals surface area contributed by atoms with Crippen LogP contribution in [-0.4, -0.2) is 28.3 Å². The Bertz CT molecular complexity index is 497. The molecule has 106 valence electrons. The van der Waals surface area contributed by atoms with Crippen molar-refractivity contribution >= 4 is 17.7 Å². The van der Waals surface area contributed by atoms with Gasteiger partial charge in [0.1, 0.15) is 10.6 Å². The Morgan fingerprint density at radius 1 is 1.47 bits per heavy atom. The van der Waals surface area contributed by atoms with Crippen LogP contribution in [-0.2, 0) is 4.74 Å². The van der Waals surface area contributed by atoms with Crippen LogP contribution >= 0.6 is 11.8 Å². The molecule has 0 aromatic carbocycles. The Kier molecular flexibility index (Phi) is 6.08. The van der Waals surface area contributed by atoms with Crippen molar-refractivity contribution in [1.82, 2.24) is 9.97 Å². The number of ether oxygens (including phenoxy) is 1. The zero-order valence-electron chi connectivity index (χ0n) is 11.8. The molecule has 5 nitrogen and oxygen atoms in total. The van der Waals surface area contributed by atoms with Crippen LogP contribution < -0.4 is 5.69 Å². The van der Waals surface area contributed by atoms with Gasteiger partial charge in [-0.25, -0.2) is 9.59 Å². The predicted octanol–water partition coefficient (Wildman–Crippen LogP) is 2.39. The molecule has 19 heavy (non-hydrogen) atoms. The summed E-state index contributed by atoms with van der Waals surface area (Å²) in [5, 5.41) is 0.459. The van der Waals surface area contributed by atoms with Crippen molar-refractivity contribution in [1.29, 1.82) is 0 Å². The number of thioether (sulfide) groups is 1. The first-order valence-corrected chi connectivity index (χ1v) is 7.35. The van der Waals surface area contributed by atoms with E-state index in [0.717, 1.165) is 12.2 Å². The summed E-state index contributed by atoms with van der Waals surface area (Å²) in [6, 6.07) is 0. The number of hydrogen-bond acceptors (Lipinski definition) is 5. The van der Waals surface area contributed by atoms with Crippen LogP contribution in [0.1, 0.15) is 43.2 Å². The normalized spacial score (nSPS) is 10.8. The van der Waals surface area contributed by atoms with Gasteiger partial charge in [0, 0.05) is 5.69 Å². The summed E-state index contributed by atoms with van der Waals surface area (Å²) in [6.45, 7) is 7.99. The predicted molar refractivity (Wildman–Crippen MR) is 75.7 cm³/mol. The number of hydrogen-bond donors (Lipinski definition) is 1. The maximum atomic E-state index is 11.9. The monoisotopic (exact) mass is 284 g/mol. The van der Waals surface area contributed by atoms with E-state index in [0.29, 0.717) is 28.8 Å². The van der Waals surface area contributed by atoms with Gasteiger partial charge < -0.3 is 9.72 Å². The molecule has 0 amide bonds. The smallest absolute Gasteiger partial charge is 0.346 e. The van der Waals surface area contributed by atoms with Gasteiger partial charge in [0.15, 0.2) is 0 Å². The van der Waals surface area contributed by atoms with E-state index in [1.165, 1.54) is 11.8 Å². The minimum Gasteiger partial charge on any atom is -0.462 e. The fourth-order valence-electron chi connectivity index (χ4n) is 1.50. The lowest BCUT2D eigenvalue weighted by atomic mass is 10.2. The zero-order chi connectivity index (χ0) is 14.4. The summed E-state index contributed by atoms with van der Waals surface area (Å²) in [7, 11) is 0. The number of H-pyrrole nitrogens is 1. The number of esters is 1. The first kappa shape index (κ1) is 15.8. The third-order valence-electron chi connectivity index (χ3n) is 2.50. The maximum Gasteiger partial charge on any atom is 0.346 e. The van der Waals surface area contributed by atoms with E-state index in [9.17, 15) is 9.59 Å². The highest BCUT2D eigenvalue weighted by atomic mass is 32.2. The summed E-state index contributed by atoms with van der Waals surface area (Å²) in [4.78, 5) is 29.7. The molecule has 0 aliphatic carbocycles. The molecular formula is C13H20N2O3S. The average molecular weight is 284 g/mol. The van der Waals surface area contributed by atoms with Crippen LogP contribution in [0.25, 0.3) is 0 Å². The number of aromatic nitrogens is 2. The van der Waals surface area contributed by atoms with Crippen molar-refractivity contribution in [3.05, 3.63) is 21.7 Å². The molecule has 0 atom stereocenters. The van der Waals surface area contributed by atoms with Gasteiger partial charge in [0.25, 0.3) is 0 Å². The first-order valence-electron chi connectivity index (χ1n) is 6.36. The first-order chi connectivity index (χ1) is 8.95. The molecule has 1 N–H and O–H groups in total. The van der Waals surface area contributed by atoms with Crippen molar-refractivity contribution in [3.63, 3.8) is 0 Å². The van der Waals surface area contributed by atoms with Crippen molar-refractivity contribution < 1.29 is 9.53 Å². The minimum absolute atomic E-state index is 0.299. The van der Waals surface area contributed by atoms with Crippen molar-refractivity contribution in [2.24, 2.45) is 5.92 Å². The van der Waals surface area contributed by atoms with Crippen molar-refractivity contribution in [2.45, 2.75) is 39.1 Å². The highest BCUT2D eigenvalue weighted by molar-refractivity contribution is 7.99. The minimum atomic E-state index is -0.434. The second kappa shape index (κ2) is 7.33. The van der Waals surface area contributed by atoms with Gasteiger partial charge in [-0.05, 0) is 31.9 Å². The molecule has 1 heterocycles. The third-order valence-corrected chi connectivity index (χ3v) is 3.51. The summed E-state index contributed by atoms with van der Waals surface area (Å²) < 4.78 is 5.00. The molecular weight excluding hydrogens is 264 g/mol. The van der Waals surface area contributed by atoms with Crippen LogP contribution in [0.4, 0.5) is 0 Å². The lowest BCUT2D eigenvalue weighted by Gasteiger charge is -2.10. The molecule has 0 saturated carbocycles. The molecule has 0 aliphatic heterocycles. The molecule has 0 saturated heterocycles. The Morgan fingerprint density at radius 2 is 2.16 bits per heavy atom. The van der Waals surface area contributed by atoms with E-state index in [2.05, 4.69) is 23.8 Å². The number of rotatable bonds is 6. The number of aromatic amines is 1. The van der Waals surface area contributed by atoms with Gasteiger partial charge in [-0.2, -0.15) is 4.98 Å². The molecule has 6 heteroatoms. The Labute approximate surface area is 117 Å². The van der Waals surface area contributed by atoms with Crippen LogP contribution in [0.5, 0.6) is 0 Å². The maximum absolute atomic E-state index is 11.9. The lowest BCUT2D eigenvalue weighted by Crippen LogP contribution is -2.19. The molecule has 0 fully saturated rings. The van der Waals surface area contributed by atoms with Crippen molar-refractivity contribution in [3.8, 4) is 0 Å². The molecule has 0 aliphatic rings. The van der Waals surface area contributed by atoms with Crippen LogP contribution in [0, 0.1) is 12.8 Å². The molecule has 1 aromatic heterocycles. The van der Waals surface area contributed by atoms with Gasteiger partial charge in [-0.3, -0.25) is 0 Å². The molecule has 0 unspecified atom stereocenters. The van der Waals surface area contributed by atoms with E-state index in [4.69, 9.17) is 4.74 Å². The molecule has 1 aromatic rings. The second-order valence-electron chi connectivity index (χ2n) is 4.60. The number of aryl methyl sites for hydroxylation is 1. The third kappa shape index (κ3) is 4.70. The quantitative estimate of drug-likeness (QED) is 0.493. The van der Waals surface area contributed by atoms with Crippen LogP contribution in [0.2, 0.25) is 0 Å². The van der Waals surface area contributed by atoms with Gasteiger partial charge >= 0.3 is 11.7 Å². The van der Waals surface area contributed by atoms with Crippen LogP contribution in [0.3, 0.4) is 0 Å². The summed E-state index contributed by atoms with van der Waals surface area (Å²) >= 11 is 1.43. The zero-order valence-corrected chi connectivity index (χ0v) is 12.6. The lowest BCUT2D eigenvalue weighted by molar-refractivity contribution is 0.0519. The van der Waals surface area contributed by atoms with Gasteiger partial charge in [0.05, 0.1) is 6.61 Å². The standard InChI is InChI=1S/C13H20N2O3S/c1-5-18-12(16)10-9(4)14-13(17)15-11(10)19-7-6-8(2)3/h8H,5-7H2,1-4H3,(H,14,15,17). The number of nitrogens with one attached hydrogen (secondary N) is 1. The number of nitrogens with zero attached hydrogens (tertiary/aromatic N) is 1. The van der Waals surface area contributed by atoms with Gasteiger partial charge in [-0.1, -0.05) is 13.8 Å². The van der Waals surface area contributed by atoms with E-state index in [1.54, 1.807) is 13.8 Å². The highest BCUT2D eigenvalue weighted by Crippen LogP contribution is 2.23. The summed E-state index contributed by atoms with van der Waals surface area (Å²) in [5.74, 6) is 0.956. The highest BCUT2D eigenvalue weighted by Gasteiger charge is 2.18. The molecule has 0 spiro atoms. The second-order valence-corrected chi connectivity index (χ2v) is 5.68. The largest absolute Gasteiger partial charge is 0.462 e. The number of carbonyl (C=O) groups is 1. The van der Waals surface area contributed by atoms with E-state index in [1.807, 2.05) is 0 Å². The van der Waals surface area contributed by atoms with Gasteiger partial charge in [-0.15, -0.1) is 11.8 Å². The average Bonchev–Trinajstić information content (AvgIpc) is 2.27. The summed E-state index contributed by atoms with van der Waals surface area (Å²) in [6.07, 6.45) is 1.00. The molecule has 1 rings (SSSR count). The van der Waals surface area contributed by atoms with Gasteiger partial charge in [0.2, 0.25) is 0 Å². The fraction of sp³-hybridized carbons (Fsp3) is 0.615. The topological polar surface area (TPSA) is 72.0 Å². The SMILES string of the molecule is CCOC(=O)c1c(SCCC(C)C)nc(=O)[nH]c1C. The number of carbonyl (C=O) groups excluding carboxylic acids is 1. The molecule has 0 radical (unpaired) electrons. The van der Waals surface area contributed by atoms with Crippen molar-refractivity contribution in [2.75, 3.05) is 12.4 Å². The van der Waals surface area contributed by atoms with Crippen LogP contribution in [0.15, 0.2) is 9.82 Å². The fourth-order valence-corrected chi connectivity index (χ4v) is 2.81. The van der Waals surface area contributed by atoms with E-state index < -0.39 is 11.7 Å². The Balaban J connectivity index is 2.99. The Morgan fingerprint density at radius 3 is 2.74 bits per heavy atom. The van der Waals surface area contributed by atoms with E-state index in [-0.39, 0.29) is 0 Å². The summed E-state index contributed by atoms with van der Waals surface area (Å²) in [5.41, 5.74) is 0.443.